The Morgan fingerprint density at radius 1 is 0.875 bits per heavy atom. The number of benzene rings is 4. The van der Waals surface area contributed by atoms with E-state index in [1.807, 2.05) is 78.9 Å². The van der Waals surface area contributed by atoms with E-state index in [2.05, 4.69) is 24.0 Å². The molecule has 4 heteroatoms. The van der Waals surface area contributed by atoms with Crippen LogP contribution >= 0.6 is 0 Å². The van der Waals surface area contributed by atoms with Crippen molar-refractivity contribution in [3.05, 3.63) is 119 Å². The smallest absolute Gasteiger partial charge is 0.363 e. The molecule has 4 nitrogen and oxygen atoms in total. The lowest BCUT2D eigenvalue weighted by Gasteiger charge is -2.07. The molecule has 5 rings (SSSR count). The van der Waals surface area contributed by atoms with Crippen LogP contribution in [0.5, 0.6) is 5.75 Å². The number of ether oxygens (including phenoxy) is 2. The number of carbonyl (C=O) groups is 1. The molecule has 0 saturated carbocycles. The third-order valence-electron chi connectivity index (χ3n) is 5.29. The molecule has 0 spiro atoms. The fraction of sp³-hybridized carbons (Fsp3) is 0.0714. The summed E-state index contributed by atoms with van der Waals surface area (Å²) in [6.07, 6.45) is 1.72. The Bertz CT molecular complexity index is 1370. The summed E-state index contributed by atoms with van der Waals surface area (Å²) in [6, 6.07) is 29.7. The molecule has 1 aliphatic heterocycles. The second-order valence-corrected chi connectivity index (χ2v) is 7.74. The highest BCUT2D eigenvalue weighted by Gasteiger charge is 2.24. The lowest BCUT2D eigenvalue weighted by molar-refractivity contribution is -0.129. The van der Waals surface area contributed by atoms with Crippen molar-refractivity contribution >= 4 is 28.7 Å². The van der Waals surface area contributed by atoms with Gasteiger partial charge in [0.15, 0.2) is 5.70 Å². The Morgan fingerprint density at radius 3 is 2.50 bits per heavy atom. The summed E-state index contributed by atoms with van der Waals surface area (Å²) in [4.78, 5) is 16.8. The van der Waals surface area contributed by atoms with E-state index in [-0.39, 0.29) is 5.70 Å². The highest BCUT2D eigenvalue weighted by molar-refractivity contribution is 6.13. The number of aryl methyl sites for hydroxylation is 1. The Kier molecular flexibility index (Phi) is 5.26. The quantitative estimate of drug-likeness (QED) is 0.291. The molecule has 0 saturated heterocycles. The number of cyclic esters (lactones) is 1. The van der Waals surface area contributed by atoms with Crippen LogP contribution in [0.15, 0.2) is 102 Å². The summed E-state index contributed by atoms with van der Waals surface area (Å²) in [5, 5.41) is 2.20. The molecule has 156 valence electrons. The topological polar surface area (TPSA) is 47.9 Å². The summed E-state index contributed by atoms with van der Waals surface area (Å²) in [5.74, 6) is 0.640. The zero-order valence-corrected chi connectivity index (χ0v) is 17.6. The van der Waals surface area contributed by atoms with E-state index in [1.54, 1.807) is 6.08 Å². The molecule has 0 bridgehead atoms. The molecule has 1 heterocycles. The van der Waals surface area contributed by atoms with Crippen LogP contribution in [0.2, 0.25) is 0 Å². The van der Waals surface area contributed by atoms with E-state index in [0.29, 0.717) is 12.5 Å². The average Bonchev–Trinajstić information content (AvgIpc) is 3.18. The fourth-order valence-electron chi connectivity index (χ4n) is 3.64. The summed E-state index contributed by atoms with van der Waals surface area (Å²) >= 11 is 0. The van der Waals surface area contributed by atoms with Crippen LogP contribution in [0.4, 0.5) is 0 Å². The lowest BCUT2D eigenvalue weighted by Crippen LogP contribution is -2.05. The molecule has 1 aliphatic rings. The SMILES string of the molecule is Cc1cccc(COc2ccc(/C=C3\N=C(c4ccc5ccccc5c4)OC3=O)cc2)c1. The van der Waals surface area contributed by atoms with Crippen LogP contribution in [0.1, 0.15) is 22.3 Å². The minimum atomic E-state index is -0.451. The first-order chi connectivity index (χ1) is 15.6. The van der Waals surface area contributed by atoms with Crippen LogP contribution in [0.25, 0.3) is 16.8 Å². The predicted octanol–water partition coefficient (Wildman–Crippen LogP) is 6.07. The molecule has 4 aromatic carbocycles. The Balaban J connectivity index is 1.31. The molecule has 0 N–H and O–H groups in total. The van der Waals surface area contributed by atoms with Crippen LogP contribution < -0.4 is 4.74 Å². The summed E-state index contributed by atoms with van der Waals surface area (Å²) in [5.41, 5.74) is 4.24. The first kappa shape index (κ1) is 19.8. The zero-order valence-electron chi connectivity index (χ0n) is 17.6. The Hall–Kier alpha value is -4.18. The van der Waals surface area contributed by atoms with E-state index in [4.69, 9.17) is 9.47 Å². The van der Waals surface area contributed by atoms with Crippen molar-refractivity contribution < 1.29 is 14.3 Å². The van der Waals surface area contributed by atoms with Gasteiger partial charge in [-0.25, -0.2) is 9.79 Å². The van der Waals surface area contributed by atoms with Crippen molar-refractivity contribution in [1.82, 2.24) is 0 Å². The van der Waals surface area contributed by atoms with Gasteiger partial charge in [0, 0.05) is 5.56 Å². The van der Waals surface area contributed by atoms with Crippen LogP contribution in [-0.2, 0) is 16.1 Å². The first-order valence-corrected chi connectivity index (χ1v) is 10.4. The number of nitrogens with zero attached hydrogens (tertiary/aromatic N) is 1. The van der Waals surface area contributed by atoms with Crippen LogP contribution in [-0.4, -0.2) is 11.9 Å². The molecule has 0 atom stereocenters. The predicted molar refractivity (Wildman–Crippen MR) is 127 cm³/mol. The van der Waals surface area contributed by atoms with E-state index in [9.17, 15) is 4.79 Å². The standard InChI is InChI=1S/C28H21NO3/c1-19-5-4-6-21(15-19)18-31-25-13-9-20(10-14-25)16-26-28(30)32-27(29-26)24-12-11-22-7-2-3-8-23(22)17-24/h2-17H,18H2,1H3/b26-16-. The number of esters is 1. The van der Waals surface area contributed by atoms with E-state index >= 15 is 0 Å². The van der Waals surface area contributed by atoms with Gasteiger partial charge in [-0.2, -0.15) is 0 Å². The maximum atomic E-state index is 12.3. The Labute approximate surface area is 186 Å². The molecular formula is C28H21NO3. The van der Waals surface area contributed by atoms with Crippen molar-refractivity contribution in [1.29, 1.82) is 0 Å². The van der Waals surface area contributed by atoms with Crippen molar-refractivity contribution in [2.45, 2.75) is 13.5 Å². The second-order valence-electron chi connectivity index (χ2n) is 7.74. The summed E-state index contributed by atoms with van der Waals surface area (Å²) in [6.45, 7) is 2.57. The third-order valence-corrected chi connectivity index (χ3v) is 5.29. The number of aliphatic imine (C=N–C) groups is 1. The van der Waals surface area contributed by atoms with Gasteiger partial charge in [0.1, 0.15) is 12.4 Å². The van der Waals surface area contributed by atoms with E-state index < -0.39 is 5.97 Å². The molecule has 4 aromatic rings. The number of hydrogen-bond acceptors (Lipinski definition) is 4. The van der Waals surface area contributed by atoms with E-state index in [0.717, 1.165) is 33.2 Å². The highest BCUT2D eigenvalue weighted by atomic mass is 16.6. The summed E-state index contributed by atoms with van der Waals surface area (Å²) < 4.78 is 11.3. The average molecular weight is 419 g/mol. The maximum absolute atomic E-state index is 12.3. The molecule has 0 amide bonds. The lowest BCUT2D eigenvalue weighted by atomic mass is 10.1. The highest BCUT2D eigenvalue weighted by Crippen LogP contribution is 2.23. The van der Waals surface area contributed by atoms with E-state index in [1.165, 1.54) is 5.56 Å². The number of rotatable bonds is 5. The van der Waals surface area contributed by atoms with Gasteiger partial charge in [-0.05, 0) is 59.2 Å². The van der Waals surface area contributed by atoms with Crippen molar-refractivity contribution in [3.63, 3.8) is 0 Å². The molecule has 0 radical (unpaired) electrons. The normalized spacial score (nSPS) is 14.5. The minimum Gasteiger partial charge on any atom is -0.489 e. The van der Waals surface area contributed by atoms with Gasteiger partial charge in [-0.3, -0.25) is 0 Å². The number of carbonyl (C=O) groups excluding carboxylic acids is 1. The molecule has 0 aliphatic carbocycles. The zero-order chi connectivity index (χ0) is 21.9. The number of hydrogen-bond donors (Lipinski definition) is 0. The molecular weight excluding hydrogens is 398 g/mol. The first-order valence-electron chi connectivity index (χ1n) is 10.4. The molecule has 0 unspecified atom stereocenters. The van der Waals surface area contributed by atoms with Crippen LogP contribution in [0.3, 0.4) is 0 Å². The molecule has 0 aromatic heterocycles. The van der Waals surface area contributed by atoms with Crippen molar-refractivity contribution in [2.75, 3.05) is 0 Å². The van der Waals surface area contributed by atoms with Gasteiger partial charge >= 0.3 is 5.97 Å². The van der Waals surface area contributed by atoms with Crippen molar-refractivity contribution in [2.24, 2.45) is 4.99 Å². The van der Waals surface area contributed by atoms with Gasteiger partial charge in [-0.15, -0.1) is 0 Å². The van der Waals surface area contributed by atoms with Gasteiger partial charge in [0.05, 0.1) is 0 Å². The third kappa shape index (κ3) is 4.30. The Morgan fingerprint density at radius 2 is 1.69 bits per heavy atom. The second kappa shape index (κ2) is 8.52. The van der Waals surface area contributed by atoms with Crippen LogP contribution in [0, 0.1) is 6.92 Å². The van der Waals surface area contributed by atoms with Gasteiger partial charge in [0.25, 0.3) is 0 Å². The largest absolute Gasteiger partial charge is 0.489 e. The van der Waals surface area contributed by atoms with Gasteiger partial charge in [0.2, 0.25) is 5.90 Å². The van der Waals surface area contributed by atoms with Gasteiger partial charge < -0.3 is 9.47 Å². The molecule has 0 fully saturated rings. The van der Waals surface area contributed by atoms with Crippen molar-refractivity contribution in [3.8, 4) is 5.75 Å². The minimum absolute atomic E-state index is 0.279. The van der Waals surface area contributed by atoms with Gasteiger partial charge in [-0.1, -0.05) is 72.3 Å². The fourth-order valence-corrected chi connectivity index (χ4v) is 3.64. The number of fused-ring (bicyclic) bond motifs is 1. The summed E-state index contributed by atoms with van der Waals surface area (Å²) in [7, 11) is 0. The molecule has 32 heavy (non-hydrogen) atoms. The maximum Gasteiger partial charge on any atom is 0.363 e. The monoisotopic (exact) mass is 419 g/mol.